The largest absolute Gasteiger partial charge is 0.471 e. The molecule has 3 aromatic rings. The van der Waals surface area contributed by atoms with Gasteiger partial charge in [-0.3, -0.25) is 9.69 Å². The van der Waals surface area contributed by atoms with E-state index in [9.17, 15) is 22.4 Å². The van der Waals surface area contributed by atoms with Gasteiger partial charge in [-0.25, -0.2) is 4.39 Å². The SMILES string of the molecule is O=C(CN1CCc2sc(-c3noc(C(F)(F)F)n3)cc2C1)Nc1cccc(F)c1. The van der Waals surface area contributed by atoms with Crippen LogP contribution in [0.1, 0.15) is 16.3 Å². The summed E-state index contributed by atoms with van der Waals surface area (Å²) in [6.07, 6.45) is -4.04. The van der Waals surface area contributed by atoms with Gasteiger partial charge in [0.15, 0.2) is 0 Å². The number of rotatable bonds is 4. The number of hydrogen-bond donors (Lipinski definition) is 1. The number of hydrogen-bond acceptors (Lipinski definition) is 6. The molecular weight excluding hydrogens is 412 g/mol. The Labute approximate surface area is 166 Å². The number of alkyl halides is 3. The number of carbonyl (C=O) groups is 1. The van der Waals surface area contributed by atoms with E-state index < -0.39 is 17.9 Å². The monoisotopic (exact) mass is 426 g/mol. The molecule has 0 aliphatic carbocycles. The molecule has 11 heteroatoms. The van der Waals surface area contributed by atoms with Crippen molar-refractivity contribution in [3.8, 4) is 10.7 Å². The van der Waals surface area contributed by atoms with E-state index in [-0.39, 0.29) is 18.3 Å². The number of nitrogens with zero attached hydrogens (tertiary/aromatic N) is 3. The van der Waals surface area contributed by atoms with Crippen molar-refractivity contribution in [2.75, 3.05) is 18.4 Å². The van der Waals surface area contributed by atoms with Crippen molar-refractivity contribution in [1.82, 2.24) is 15.0 Å². The molecule has 0 unspecified atom stereocenters. The molecule has 1 aliphatic rings. The summed E-state index contributed by atoms with van der Waals surface area (Å²) in [5, 5.41) is 6.06. The number of halogens is 4. The van der Waals surface area contributed by atoms with Crippen molar-refractivity contribution in [3.63, 3.8) is 0 Å². The van der Waals surface area contributed by atoms with E-state index in [1.165, 1.54) is 29.5 Å². The Morgan fingerprint density at radius 3 is 2.86 bits per heavy atom. The molecule has 0 saturated carbocycles. The summed E-state index contributed by atoms with van der Waals surface area (Å²) in [5.41, 5.74) is 1.29. The zero-order chi connectivity index (χ0) is 20.6. The van der Waals surface area contributed by atoms with Crippen LogP contribution >= 0.6 is 11.3 Å². The quantitative estimate of drug-likeness (QED) is 0.640. The Morgan fingerprint density at radius 1 is 1.31 bits per heavy atom. The molecule has 1 aromatic carbocycles. The summed E-state index contributed by atoms with van der Waals surface area (Å²) in [7, 11) is 0. The van der Waals surface area contributed by atoms with Crippen LogP contribution in [0.2, 0.25) is 0 Å². The van der Waals surface area contributed by atoms with Gasteiger partial charge in [-0.2, -0.15) is 18.2 Å². The maximum absolute atomic E-state index is 13.2. The zero-order valence-electron chi connectivity index (χ0n) is 14.8. The fraction of sp³-hybridized carbons (Fsp3) is 0.278. The van der Waals surface area contributed by atoms with E-state index in [0.717, 1.165) is 10.4 Å². The fourth-order valence-corrected chi connectivity index (χ4v) is 4.13. The van der Waals surface area contributed by atoms with Gasteiger partial charge in [-0.1, -0.05) is 11.2 Å². The normalized spacial score (nSPS) is 14.6. The minimum absolute atomic E-state index is 0.105. The molecule has 1 N–H and O–H groups in total. The molecular formula is C18H14F4N4O2S. The lowest BCUT2D eigenvalue weighted by atomic mass is 10.1. The topological polar surface area (TPSA) is 71.3 Å². The average Bonchev–Trinajstić information content (AvgIpc) is 3.28. The maximum atomic E-state index is 13.2. The number of thiophene rings is 1. The number of carbonyl (C=O) groups excluding carboxylic acids is 1. The fourth-order valence-electron chi connectivity index (χ4n) is 3.05. The van der Waals surface area contributed by atoms with Crippen LogP contribution < -0.4 is 5.32 Å². The Hall–Kier alpha value is -2.79. The van der Waals surface area contributed by atoms with Crippen LogP contribution in [0.25, 0.3) is 10.7 Å². The lowest BCUT2D eigenvalue weighted by Gasteiger charge is -2.26. The Kier molecular flexibility index (Phi) is 5.09. The molecule has 29 heavy (non-hydrogen) atoms. The first-order valence-corrected chi connectivity index (χ1v) is 9.40. The maximum Gasteiger partial charge on any atom is 0.471 e. The standard InChI is InChI=1S/C18H14F4N4O2S/c19-11-2-1-3-12(7-11)23-15(27)9-26-5-4-13-10(8-26)6-14(29-13)16-24-17(28-25-16)18(20,21)22/h1-3,6-7H,4-5,8-9H2,(H,23,27). The van der Waals surface area contributed by atoms with Gasteiger partial charge < -0.3 is 9.84 Å². The molecule has 152 valence electrons. The molecule has 0 radical (unpaired) electrons. The summed E-state index contributed by atoms with van der Waals surface area (Å²) in [5.74, 6) is -2.20. The molecule has 0 saturated heterocycles. The molecule has 4 rings (SSSR count). The van der Waals surface area contributed by atoms with Crippen LogP contribution in [-0.4, -0.2) is 34.0 Å². The third-order valence-corrected chi connectivity index (χ3v) is 5.54. The molecule has 0 atom stereocenters. The van der Waals surface area contributed by atoms with Crippen molar-refractivity contribution in [2.45, 2.75) is 19.1 Å². The number of aromatic nitrogens is 2. The minimum atomic E-state index is -4.69. The lowest BCUT2D eigenvalue weighted by molar-refractivity contribution is -0.159. The van der Waals surface area contributed by atoms with E-state index in [1.807, 2.05) is 4.90 Å². The molecule has 1 amide bonds. The zero-order valence-corrected chi connectivity index (χ0v) is 15.6. The van der Waals surface area contributed by atoms with E-state index in [1.54, 1.807) is 12.1 Å². The molecule has 2 aromatic heterocycles. The predicted octanol–water partition coefficient (Wildman–Crippen LogP) is 3.95. The number of fused-ring (bicyclic) bond motifs is 1. The highest BCUT2D eigenvalue weighted by atomic mass is 32.1. The summed E-state index contributed by atoms with van der Waals surface area (Å²) >= 11 is 1.32. The molecule has 3 heterocycles. The lowest BCUT2D eigenvalue weighted by Crippen LogP contribution is -2.36. The first-order chi connectivity index (χ1) is 13.8. The summed E-state index contributed by atoms with van der Waals surface area (Å²) in [4.78, 5) is 19.0. The molecule has 0 bridgehead atoms. The molecule has 0 fully saturated rings. The van der Waals surface area contributed by atoms with Gasteiger partial charge in [-0.05, 0) is 36.2 Å². The number of nitrogens with one attached hydrogen (secondary N) is 1. The van der Waals surface area contributed by atoms with Crippen molar-refractivity contribution < 1.29 is 26.9 Å². The van der Waals surface area contributed by atoms with Gasteiger partial charge in [0.25, 0.3) is 0 Å². The second-order valence-corrected chi connectivity index (χ2v) is 7.64. The predicted molar refractivity (Wildman–Crippen MR) is 96.6 cm³/mol. The van der Waals surface area contributed by atoms with Crippen LogP contribution in [0.4, 0.5) is 23.2 Å². The van der Waals surface area contributed by atoms with E-state index >= 15 is 0 Å². The number of amides is 1. The van der Waals surface area contributed by atoms with Crippen LogP contribution in [0.15, 0.2) is 34.9 Å². The Morgan fingerprint density at radius 2 is 2.14 bits per heavy atom. The second-order valence-electron chi connectivity index (χ2n) is 6.50. The van der Waals surface area contributed by atoms with Crippen molar-refractivity contribution in [1.29, 1.82) is 0 Å². The average molecular weight is 426 g/mol. The third kappa shape index (κ3) is 4.46. The number of benzene rings is 1. The summed E-state index contributed by atoms with van der Waals surface area (Å²) in [6, 6.07) is 7.35. The molecule has 0 spiro atoms. The van der Waals surface area contributed by atoms with Crippen LogP contribution in [0.3, 0.4) is 0 Å². The van der Waals surface area contributed by atoms with E-state index in [2.05, 4.69) is 20.0 Å². The minimum Gasteiger partial charge on any atom is -0.329 e. The Balaban J connectivity index is 1.41. The summed E-state index contributed by atoms with van der Waals surface area (Å²) < 4.78 is 55.4. The molecule has 1 aliphatic heterocycles. The van der Waals surface area contributed by atoms with Gasteiger partial charge in [0.1, 0.15) is 5.82 Å². The first kappa shape index (κ1) is 19.5. The number of anilines is 1. The van der Waals surface area contributed by atoms with Gasteiger partial charge in [0, 0.05) is 23.7 Å². The van der Waals surface area contributed by atoms with Crippen LogP contribution in [-0.2, 0) is 23.9 Å². The van der Waals surface area contributed by atoms with E-state index in [4.69, 9.17) is 0 Å². The van der Waals surface area contributed by atoms with Crippen LogP contribution in [0, 0.1) is 5.82 Å². The van der Waals surface area contributed by atoms with Gasteiger partial charge >= 0.3 is 12.1 Å². The van der Waals surface area contributed by atoms with Gasteiger partial charge in [0.05, 0.1) is 11.4 Å². The van der Waals surface area contributed by atoms with Gasteiger partial charge in [-0.15, -0.1) is 11.3 Å². The first-order valence-electron chi connectivity index (χ1n) is 8.58. The second kappa shape index (κ2) is 7.56. The highest BCUT2D eigenvalue weighted by Gasteiger charge is 2.38. The molecule has 6 nitrogen and oxygen atoms in total. The van der Waals surface area contributed by atoms with Gasteiger partial charge in [0.2, 0.25) is 11.7 Å². The highest BCUT2D eigenvalue weighted by Crippen LogP contribution is 2.35. The van der Waals surface area contributed by atoms with Crippen molar-refractivity contribution in [2.24, 2.45) is 0 Å². The van der Waals surface area contributed by atoms with Crippen molar-refractivity contribution in [3.05, 3.63) is 52.5 Å². The Bertz CT molecular complexity index is 1050. The van der Waals surface area contributed by atoms with E-state index in [0.29, 0.717) is 30.1 Å². The van der Waals surface area contributed by atoms with Crippen LogP contribution in [0.5, 0.6) is 0 Å². The van der Waals surface area contributed by atoms with Crippen molar-refractivity contribution >= 4 is 22.9 Å². The third-order valence-electron chi connectivity index (χ3n) is 4.31. The smallest absolute Gasteiger partial charge is 0.329 e. The highest BCUT2D eigenvalue weighted by molar-refractivity contribution is 7.15. The summed E-state index contributed by atoms with van der Waals surface area (Å²) in [6.45, 7) is 1.19.